The number of nitrogens with two attached hydrogens (primary N) is 2. The molecule has 0 bridgehead atoms. The number of nitrogen functional groups attached to an aromatic ring is 2. The Balaban J connectivity index is 2.45. The minimum Gasteiger partial charge on any atom is -0.368 e. The lowest BCUT2D eigenvalue weighted by atomic mass is 10.3. The van der Waals surface area contributed by atoms with Gasteiger partial charge in [-0.3, -0.25) is 4.79 Å². The molecule has 7 heteroatoms. The van der Waals surface area contributed by atoms with Crippen molar-refractivity contribution in [3.63, 3.8) is 0 Å². The summed E-state index contributed by atoms with van der Waals surface area (Å²) in [5.74, 6) is -0.301. The molecule has 0 unspecified atom stereocenters. The van der Waals surface area contributed by atoms with Gasteiger partial charge in [0.1, 0.15) is 0 Å². The normalized spacial score (nSPS) is 10.5. The molecule has 0 aromatic carbocycles. The Kier molecular flexibility index (Phi) is 2.16. The Morgan fingerprint density at radius 3 is 2.73 bits per heavy atom. The third-order valence-electron chi connectivity index (χ3n) is 1.90. The van der Waals surface area contributed by atoms with Crippen LogP contribution < -0.4 is 11.5 Å². The summed E-state index contributed by atoms with van der Waals surface area (Å²) in [6.45, 7) is 1.85. The van der Waals surface area contributed by atoms with E-state index in [1.54, 1.807) is 0 Å². The molecule has 0 aliphatic carbocycles. The van der Waals surface area contributed by atoms with Gasteiger partial charge in [0.05, 0.1) is 4.88 Å². The van der Waals surface area contributed by atoms with Gasteiger partial charge in [-0.2, -0.15) is 9.67 Å². The number of carbonyl (C=O) groups is 1. The van der Waals surface area contributed by atoms with Crippen LogP contribution in [0.15, 0.2) is 11.4 Å². The van der Waals surface area contributed by atoms with Crippen LogP contribution in [0.5, 0.6) is 0 Å². The van der Waals surface area contributed by atoms with Gasteiger partial charge in [-0.25, -0.2) is 0 Å². The van der Waals surface area contributed by atoms with Crippen LogP contribution >= 0.6 is 11.3 Å². The minimum atomic E-state index is -0.302. The summed E-state index contributed by atoms with van der Waals surface area (Å²) in [4.78, 5) is 16.2. The first-order valence-electron chi connectivity index (χ1n) is 4.16. The van der Waals surface area contributed by atoms with Crippen molar-refractivity contribution in [3.05, 3.63) is 21.9 Å². The van der Waals surface area contributed by atoms with E-state index in [0.717, 1.165) is 10.2 Å². The molecule has 0 saturated heterocycles. The van der Waals surface area contributed by atoms with Crippen LogP contribution in [-0.2, 0) is 0 Å². The largest absolute Gasteiger partial charge is 0.368 e. The molecule has 0 radical (unpaired) electrons. The molecule has 0 spiro atoms. The summed E-state index contributed by atoms with van der Waals surface area (Å²) in [7, 11) is 0. The van der Waals surface area contributed by atoms with Crippen molar-refractivity contribution in [3.8, 4) is 0 Å². The predicted octanol–water partition coefficient (Wildman–Crippen LogP) is 0.501. The number of anilines is 2. The first-order valence-corrected chi connectivity index (χ1v) is 5.04. The molecule has 0 saturated carbocycles. The Morgan fingerprint density at radius 1 is 1.53 bits per heavy atom. The first kappa shape index (κ1) is 9.66. The molecule has 6 nitrogen and oxygen atoms in total. The molecule has 0 amide bonds. The van der Waals surface area contributed by atoms with Crippen molar-refractivity contribution >= 4 is 29.1 Å². The molecule has 2 aromatic heterocycles. The summed E-state index contributed by atoms with van der Waals surface area (Å²) in [6, 6.07) is 1.86. The monoisotopic (exact) mass is 223 g/mol. The summed E-state index contributed by atoms with van der Waals surface area (Å²) >= 11 is 1.34. The number of rotatable bonds is 1. The number of thiophene rings is 1. The van der Waals surface area contributed by atoms with E-state index in [9.17, 15) is 4.79 Å². The molecule has 2 aromatic rings. The third kappa shape index (κ3) is 1.57. The maximum absolute atomic E-state index is 11.9. The molecule has 0 fully saturated rings. The number of nitrogens with zero attached hydrogens (tertiary/aromatic N) is 3. The van der Waals surface area contributed by atoms with E-state index in [1.165, 1.54) is 11.3 Å². The molecule has 15 heavy (non-hydrogen) atoms. The number of aromatic nitrogens is 3. The smallest absolute Gasteiger partial charge is 0.291 e. The number of aryl methyl sites for hydroxylation is 1. The molecule has 0 aliphatic rings. The van der Waals surface area contributed by atoms with Crippen molar-refractivity contribution in [1.29, 1.82) is 0 Å². The maximum Gasteiger partial charge on any atom is 0.291 e. The van der Waals surface area contributed by atoms with E-state index in [2.05, 4.69) is 10.1 Å². The van der Waals surface area contributed by atoms with Crippen LogP contribution in [-0.4, -0.2) is 20.7 Å². The lowest BCUT2D eigenvalue weighted by Gasteiger charge is -1.99. The fourth-order valence-corrected chi connectivity index (χ4v) is 2.03. The average molecular weight is 223 g/mol. The second-order valence-corrected chi connectivity index (χ2v) is 3.89. The molecule has 0 aliphatic heterocycles. The van der Waals surface area contributed by atoms with Crippen LogP contribution in [0.3, 0.4) is 0 Å². The average Bonchev–Trinajstić information content (AvgIpc) is 2.71. The molecular weight excluding hydrogens is 214 g/mol. The first-order chi connectivity index (χ1) is 7.09. The van der Waals surface area contributed by atoms with Crippen LogP contribution in [0.4, 0.5) is 11.9 Å². The fraction of sp³-hybridized carbons (Fsp3) is 0.125. The van der Waals surface area contributed by atoms with Gasteiger partial charge < -0.3 is 11.5 Å². The zero-order valence-corrected chi connectivity index (χ0v) is 8.78. The Labute approximate surface area is 89.5 Å². The van der Waals surface area contributed by atoms with Crippen LogP contribution in [0.25, 0.3) is 0 Å². The predicted molar refractivity (Wildman–Crippen MR) is 57.6 cm³/mol. The van der Waals surface area contributed by atoms with E-state index in [-0.39, 0.29) is 17.8 Å². The number of hydrogen-bond donors (Lipinski definition) is 2. The highest BCUT2D eigenvalue weighted by Gasteiger charge is 2.17. The third-order valence-corrected chi connectivity index (χ3v) is 2.90. The summed E-state index contributed by atoms with van der Waals surface area (Å²) in [6.07, 6.45) is 0. The van der Waals surface area contributed by atoms with Gasteiger partial charge in [-0.05, 0) is 23.9 Å². The number of carbonyl (C=O) groups excluding carboxylic acids is 1. The molecular formula is C8H9N5OS. The maximum atomic E-state index is 11.9. The highest BCUT2D eigenvalue weighted by atomic mass is 32.1. The van der Waals surface area contributed by atoms with Gasteiger partial charge >= 0.3 is 0 Å². The zero-order valence-electron chi connectivity index (χ0n) is 7.97. The van der Waals surface area contributed by atoms with Gasteiger partial charge in [-0.1, -0.05) is 0 Å². The standard InChI is InChI=1S/C8H9N5OS/c1-4-2-3-15-5(4)6(14)13-8(10)11-7(9)12-13/h2-3H,1H3,(H4,9,10,11,12). The summed E-state index contributed by atoms with van der Waals surface area (Å²) in [5.41, 5.74) is 11.7. The van der Waals surface area contributed by atoms with E-state index in [0.29, 0.717) is 4.88 Å². The van der Waals surface area contributed by atoms with Crippen molar-refractivity contribution in [2.24, 2.45) is 0 Å². The molecule has 78 valence electrons. The minimum absolute atomic E-state index is 0.00457. The molecule has 0 atom stereocenters. The van der Waals surface area contributed by atoms with Crippen molar-refractivity contribution in [2.45, 2.75) is 6.92 Å². The number of hydrogen-bond acceptors (Lipinski definition) is 6. The molecule has 2 rings (SSSR count). The van der Waals surface area contributed by atoms with E-state index < -0.39 is 0 Å². The molecule has 2 heterocycles. The van der Waals surface area contributed by atoms with Gasteiger partial charge in [-0.15, -0.1) is 16.4 Å². The topological polar surface area (TPSA) is 99.8 Å². The van der Waals surface area contributed by atoms with Crippen molar-refractivity contribution in [2.75, 3.05) is 11.5 Å². The highest BCUT2D eigenvalue weighted by Crippen LogP contribution is 2.18. The van der Waals surface area contributed by atoms with E-state index in [1.807, 2.05) is 18.4 Å². The van der Waals surface area contributed by atoms with E-state index >= 15 is 0 Å². The lowest BCUT2D eigenvalue weighted by Crippen LogP contribution is -2.16. The molecule has 4 N–H and O–H groups in total. The Morgan fingerprint density at radius 2 is 2.27 bits per heavy atom. The van der Waals surface area contributed by atoms with Crippen LogP contribution in [0, 0.1) is 6.92 Å². The van der Waals surface area contributed by atoms with Crippen LogP contribution in [0.1, 0.15) is 15.2 Å². The SMILES string of the molecule is Cc1ccsc1C(=O)n1nc(N)nc1N. The zero-order chi connectivity index (χ0) is 11.0. The van der Waals surface area contributed by atoms with Crippen molar-refractivity contribution in [1.82, 2.24) is 14.8 Å². The van der Waals surface area contributed by atoms with Gasteiger partial charge in [0, 0.05) is 0 Å². The summed E-state index contributed by atoms with van der Waals surface area (Å²) < 4.78 is 1.01. The Bertz CT molecular complexity index is 515. The lowest BCUT2D eigenvalue weighted by molar-refractivity contribution is 0.0951. The van der Waals surface area contributed by atoms with Gasteiger partial charge in [0.15, 0.2) is 0 Å². The van der Waals surface area contributed by atoms with Gasteiger partial charge in [0.2, 0.25) is 11.9 Å². The van der Waals surface area contributed by atoms with E-state index in [4.69, 9.17) is 11.5 Å². The highest BCUT2D eigenvalue weighted by molar-refractivity contribution is 7.12. The summed E-state index contributed by atoms with van der Waals surface area (Å²) in [5, 5.41) is 5.56. The van der Waals surface area contributed by atoms with Crippen molar-refractivity contribution < 1.29 is 4.79 Å². The fourth-order valence-electron chi connectivity index (χ4n) is 1.18. The second-order valence-electron chi connectivity index (χ2n) is 2.98. The van der Waals surface area contributed by atoms with Gasteiger partial charge in [0.25, 0.3) is 5.91 Å². The second kappa shape index (κ2) is 3.35. The van der Waals surface area contributed by atoms with Crippen LogP contribution in [0.2, 0.25) is 0 Å². The Hall–Kier alpha value is -1.89. The quantitative estimate of drug-likeness (QED) is 0.733.